The first-order chi connectivity index (χ1) is 8.17. The standard InChI is InChI=1S/C12H14BrN3O/c1-15-6-2-3-12(17)16-10-5-4-9(8-14)11(13)7-10/h4-5,7,15H,2-3,6H2,1H3,(H,16,17). The Morgan fingerprint density at radius 2 is 2.29 bits per heavy atom. The van der Waals surface area contributed by atoms with Crippen molar-refractivity contribution in [3.8, 4) is 6.07 Å². The molecule has 1 amide bonds. The molecule has 5 heteroatoms. The summed E-state index contributed by atoms with van der Waals surface area (Å²) in [5.74, 6) is -0.0168. The molecule has 0 aromatic heterocycles. The van der Waals surface area contributed by atoms with Crippen LogP contribution in [-0.4, -0.2) is 19.5 Å². The number of hydrogen-bond acceptors (Lipinski definition) is 3. The van der Waals surface area contributed by atoms with Crippen molar-refractivity contribution >= 4 is 27.5 Å². The molecule has 2 N–H and O–H groups in total. The highest BCUT2D eigenvalue weighted by molar-refractivity contribution is 9.10. The molecule has 0 fully saturated rings. The molecule has 0 unspecified atom stereocenters. The second-order valence-corrected chi connectivity index (χ2v) is 4.42. The molecule has 4 nitrogen and oxygen atoms in total. The van der Waals surface area contributed by atoms with Crippen molar-refractivity contribution in [2.24, 2.45) is 0 Å². The van der Waals surface area contributed by atoms with Crippen molar-refractivity contribution in [3.05, 3.63) is 28.2 Å². The van der Waals surface area contributed by atoms with Gasteiger partial charge < -0.3 is 10.6 Å². The van der Waals surface area contributed by atoms with E-state index in [1.807, 2.05) is 13.1 Å². The minimum Gasteiger partial charge on any atom is -0.326 e. The number of benzene rings is 1. The first-order valence-corrected chi connectivity index (χ1v) is 6.10. The molecule has 0 spiro atoms. The van der Waals surface area contributed by atoms with Gasteiger partial charge in [0.15, 0.2) is 0 Å². The maximum Gasteiger partial charge on any atom is 0.224 e. The quantitative estimate of drug-likeness (QED) is 0.819. The van der Waals surface area contributed by atoms with Crippen molar-refractivity contribution in [3.63, 3.8) is 0 Å². The number of amides is 1. The third-order valence-electron chi connectivity index (χ3n) is 2.20. The van der Waals surface area contributed by atoms with Gasteiger partial charge in [0.2, 0.25) is 5.91 Å². The second-order valence-electron chi connectivity index (χ2n) is 3.56. The van der Waals surface area contributed by atoms with Gasteiger partial charge in [-0.1, -0.05) is 0 Å². The molecule has 0 radical (unpaired) electrons. The normalized spacial score (nSPS) is 9.71. The lowest BCUT2D eigenvalue weighted by Crippen LogP contribution is -2.15. The molecular formula is C12H14BrN3O. The van der Waals surface area contributed by atoms with Gasteiger partial charge in [0, 0.05) is 16.6 Å². The van der Waals surface area contributed by atoms with Crippen LogP contribution in [0.3, 0.4) is 0 Å². The van der Waals surface area contributed by atoms with Gasteiger partial charge in [-0.25, -0.2) is 0 Å². The van der Waals surface area contributed by atoms with Gasteiger partial charge >= 0.3 is 0 Å². The summed E-state index contributed by atoms with van der Waals surface area (Å²) < 4.78 is 0.688. The highest BCUT2D eigenvalue weighted by Crippen LogP contribution is 2.20. The van der Waals surface area contributed by atoms with E-state index in [2.05, 4.69) is 26.6 Å². The van der Waals surface area contributed by atoms with Crippen molar-refractivity contribution < 1.29 is 4.79 Å². The van der Waals surface area contributed by atoms with E-state index in [9.17, 15) is 4.79 Å². The van der Waals surface area contributed by atoms with Crippen LogP contribution in [0.4, 0.5) is 5.69 Å². The van der Waals surface area contributed by atoms with Gasteiger partial charge in [-0.2, -0.15) is 5.26 Å². The summed E-state index contributed by atoms with van der Waals surface area (Å²) in [4.78, 5) is 11.5. The van der Waals surface area contributed by atoms with E-state index in [1.165, 1.54) is 0 Å². The Kier molecular flexibility index (Phi) is 5.67. The summed E-state index contributed by atoms with van der Waals surface area (Å²) in [6.45, 7) is 0.824. The van der Waals surface area contributed by atoms with Crippen LogP contribution < -0.4 is 10.6 Å². The van der Waals surface area contributed by atoms with E-state index >= 15 is 0 Å². The minimum absolute atomic E-state index is 0.0168. The fraction of sp³-hybridized carbons (Fsp3) is 0.333. The van der Waals surface area contributed by atoms with Gasteiger partial charge in [0.25, 0.3) is 0 Å². The molecular weight excluding hydrogens is 282 g/mol. The maximum absolute atomic E-state index is 11.5. The third kappa shape index (κ3) is 4.55. The number of carbonyl (C=O) groups excluding carboxylic acids is 1. The van der Waals surface area contributed by atoms with Crippen LogP contribution in [0.25, 0.3) is 0 Å². The zero-order chi connectivity index (χ0) is 12.7. The van der Waals surface area contributed by atoms with E-state index in [1.54, 1.807) is 18.2 Å². The zero-order valence-electron chi connectivity index (χ0n) is 9.59. The Morgan fingerprint density at radius 1 is 1.53 bits per heavy atom. The lowest BCUT2D eigenvalue weighted by atomic mass is 10.2. The van der Waals surface area contributed by atoms with E-state index in [0.29, 0.717) is 22.1 Å². The molecule has 1 aromatic rings. The van der Waals surface area contributed by atoms with E-state index < -0.39 is 0 Å². The van der Waals surface area contributed by atoms with E-state index in [4.69, 9.17) is 5.26 Å². The number of carbonyl (C=O) groups is 1. The predicted molar refractivity (Wildman–Crippen MR) is 70.6 cm³/mol. The minimum atomic E-state index is -0.0168. The summed E-state index contributed by atoms with van der Waals surface area (Å²) in [5.41, 5.74) is 1.25. The number of rotatable bonds is 5. The Bertz CT molecular complexity index is 440. The molecule has 0 bridgehead atoms. The van der Waals surface area contributed by atoms with Crippen molar-refractivity contribution in [1.29, 1.82) is 5.26 Å². The van der Waals surface area contributed by atoms with E-state index in [-0.39, 0.29) is 5.91 Å². The van der Waals surface area contributed by atoms with Crippen molar-refractivity contribution in [2.75, 3.05) is 18.9 Å². The maximum atomic E-state index is 11.5. The Balaban J connectivity index is 2.55. The molecule has 0 heterocycles. The summed E-state index contributed by atoms with van der Waals surface area (Å²) in [6, 6.07) is 7.18. The monoisotopic (exact) mass is 295 g/mol. The Hall–Kier alpha value is -1.38. The number of nitriles is 1. The zero-order valence-corrected chi connectivity index (χ0v) is 11.2. The van der Waals surface area contributed by atoms with Crippen LogP contribution in [0.1, 0.15) is 18.4 Å². The molecule has 0 aliphatic heterocycles. The number of nitrogens with zero attached hydrogens (tertiary/aromatic N) is 1. The van der Waals surface area contributed by atoms with E-state index in [0.717, 1.165) is 13.0 Å². The molecule has 0 aliphatic rings. The first kappa shape index (κ1) is 13.7. The van der Waals surface area contributed by atoms with Crippen LogP contribution in [0.5, 0.6) is 0 Å². The summed E-state index contributed by atoms with van der Waals surface area (Å²) in [7, 11) is 1.86. The lowest BCUT2D eigenvalue weighted by molar-refractivity contribution is -0.116. The van der Waals surface area contributed by atoms with Gasteiger partial charge in [0.1, 0.15) is 6.07 Å². The molecule has 0 aliphatic carbocycles. The molecule has 0 saturated carbocycles. The molecule has 1 aromatic carbocycles. The predicted octanol–water partition coefficient (Wildman–Crippen LogP) is 2.26. The fourth-order valence-electron chi connectivity index (χ4n) is 1.33. The highest BCUT2D eigenvalue weighted by Gasteiger charge is 2.04. The van der Waals surface area contributed by atoms with Gasteiger partial charge in [-0.3, -0.25) is 4.79 Å². The Labute approximate surface area is 109 Å². The van der Waals surface area contributed by atoms with Gasteiger partial charge in [-0.05, 0) is 54.1 Å². The Morgan fingerprint density at radius 3 is 2.88 bits per heavy atom. The average Bonchev–Trinajstić information content (AvgIpc) is 2.29. The molecule has 1 rings (SSSR count). The smallest absolute Gasteiger partial charge is 0.224 e. The van der Waals surface area contributed by atoms with Crippen LogP contribution in [0.2, 0.25) is 0 Å². The molecule has 0 saturated heterocycles. The number of nitrogens with one attached hydrogen (secondary N) is 2. The van der Waals surface area contributed by atoms with Crippen molar-refractivity contribution in [2.45, 2.75) is 12.8 Å². The SMILES string of the molecule is CNCCCC(=O)Nc1ccc(C#N)c(Br)c1. The third-order valence-corrected chi connectivity index (χ3v) is 2.86. The van der Waals surface area contributed by atoms with Crippen LogP contribution in [0, 0.1) is 11.3 Å². The summed E-state index contributed by atoms with van der Waals surface area (Å²) in [6.07, 6.45) is 1.29. The summed E-state index contributed by atoms with van der Waals surface area (Å²) in [5, 5.41) is 14.5. The first-order valence-electron chi connectivity index (χ1n) is 5.31. The van der Waals surface area contributed by atoms with Crippen LogP contribution >= 0.6 is 15.9 Å². The van der Waals surface area contributed by atoms with Gasteiger partial charge in [0.05, 0.1) is 5.56 Å². The van der Waals surface area contributed by atoms with Crippen molar-refractivity contribution in [1.82, 2.24) is 5.32 Å². The highest BCUT2D eigenvalue weighted by atomic mass is 79.9. The van der Waals surface area contributed by atoms with Crippen LogP contribution in [-0.2, 0) is 4.79 Å². The topological polar surface area (TPSA) is 64.9 Å². The largest absolute Gasteiger partial charge is 0.326 e. The molecule has 17 heavy (non-hydrogen) atoms. The number of halogens is 1. The second kappa shape index (κ2) is 7.05. The van der Waals surface area contributed by atoms with Crippen LogP contribution in [0.15, 0.2) is 22.7 Å². The summed E-state index contributed by atoms with van der Waals surface area (Å²) >= 11 is 3.28. The molecule has 0 atom stereocenters. The number of anilines is 1. The average molecular weight is 296 g/mol. The van der Waals surface area contributed by atoms with Gasteiger partial charge in [-0.15, -0.1) is 0 Å². The molecule has 90 valence electrons. The number of hydrogen-bond donors (Lipinski definition) is 2. The fourth-order valence-corrected chi connectivity index (χ4v) is 1.80. The lowest BCUT2D eigenvalue weighted by Gasteiger charge is -2.06.